The number of aliphatic imine (C=N–C) groups is 1. The Bertz CT molecular complexity index is 1050. The molecule has 0 amide bonds. The number of unbranched alkanes of at least 4 members (excludes halogenated alkanes) is 7. The summed E-state index contributed by atoms with van der Waals surface area (Å²) in [5.74, 6) is 1.83. The Hall–Kier alpha value is -2.75. The third-order valence-corrected chi connectivity index (χ3v) is 6.47. The van der Waals surface area contributed by atoms with Gasteiger partial charge in [0.2, 0.25) is 0 Å². The van der Waals surface area contributed by atoms with Crippen molar-refractivity contribution in [3.8, 4) is 5.69 Å². The molecule has 4 nitrogen and oxygen atoms in total. The van der Waals surface area contributed by atoms with E-state index in [4.69, 9.17) is 4.99 Å². The number of nitrogens with zero attached hydrogens (tertiary/aromatic N) is 4. The maximum atomic E-state index is 5.08. The van der Waals surface area contributed by atoms with Crippen LogP contribution in [0.1, 0.15) is 99.6 Å². The molecule has 168 valence electrons. The number of benzene rings is 2. The van der Waals surface area contributed by atoms with E-state index in [2.05, 4.69) is 77.1 Å². The molecule has 4 heteroatoms. The summed E-state index contributed by atoms with van der Waals surface area (Å²) in [6.45, 7) is 6.42. The van der Waals surface area contributed by atoms with Crippen molar-refractivity contribution in [2.24, 2.45) is 4.99 Å². The van der Waals surface area contributed by atoms with E-state index in [0.29, 0.717) is 0 Å². The van der Waals surface area contributed by atoms with Gasteiger partial charge in [-0.3, -0.25) is 9.56 Å². The molecule has 1 unspecified atom stereocenters. The molecule has 0 N–H and O–H groups in total. The van der Waals surface area contributed by atoms with Crippen LogP contribution in [0.5, 0.6) is 0 Å². The highest BCUT2D eigenvalue weighted by Crippen LogP contribution is 2.31. The van der Waals surface area contributed by atoms with E-state index in [-0.39, 0.29) is 6.04 Å². The highest BCUT2D eigenvalue weighted by Gasteiger charge is 2.25. The van der Waals surface area contributed by atoms with Crippen LogP contribution in [0.4, 0.5) is 0 Å². The fourth-order valence-electron chi connectivity index (χ4n) is 4.67. The maximum absolute atomic E-state index is 5.08. The van der Waals surface area contributed by atoms with Gasteiger partial charge in [0.15, 0.2) is 5.82 Å². The molecule has 0 aliphatic carbocycles. The number of aryl methyl sites for hydroxylation is 2. The highest BCUT2D eigenvalue weighted by atomic mass is 15.3. The van der Waals surface area contributed by atoms with Crippen molar-refractivity contribution in [3.05, 3.63) is 76.9 Å². The van der Waals surface area contributed by atoms with Gasteiger partial charge in [-0.05, 0) is 38.3 Å². The van der Waals surface area contributed by atoms with Gasteiger partial charge in [0.05, 0.1) is 11.4 Å². The van der Waals surface area contributed by atoms with E-state index in [1.54, 1.807) is 0 Å². The zero-order valence-corrected chi connectivity index (χ0v) is 19.8. The van der Waals surface area contributed by atoms with Gasteiger partial charge in [0.1, 0.15) is 11.9 Å². The van der Waals surface area contributed by atoms with Gasteiger partial charge in [-0.2, -0.15) is 0 Å². The molecule has 1 aliphatic heterocycles. The first kappa shape index (κ1) is 22.4. The fraction of sp³-hybridized carbons (Fsp3) is 0.464. The molecule has 3 aromatic rings. The Morgan fingerprint density at radius 3 is 2.31 bits per heavy atom. The van der Waals surface area contributed by atoms with Gasteiger partial charge in [0, 0.05) is 11.1 Å². The molecule has 2 heterocycles. The summed E-state index contributed by atoms with van der Waals surface area (Å²) in [4.78, 5) is 5.08. The minimum atomic E-state index is -0.0463. The third kappa shape index (κ3) is 5.01. The van der Waals surface area contributed by atoms with Crippen molar-refractivity contribution in [2.75, 3.05) is 0 Å². The first-order valence-corrected chi connectivity index (χ1v) is 12.4. The molecule has 0 bridgehead atoms. The zero-order chi connectivity index (χ0) is 22.3. The van der Waals surface area contributed by atoms with Crippen molar-refractivity contribution in [1.29, 1.82) is 0 Å². The lowest BCUT2D eigenvalue weighted by Crippen LogP contribution is -2.09. The summed E-state index contributed by atoms with van der Waals surface area (Å²) in [5.41, 5.74) is 5.89. The topological polar surface area (TPSA) is 43.1 Å². The van der Waals surface area contributed by atoms with E-state index in [9.17, 15) is 0 Å². The van der Waals surface area contributed by atoms with Crippen LogP contribution in [0.15, 0.2) is 53.5 Å². The van der Waals surface area contributed by atoms with Crippen molar-refractivity contribution in [2.45, 2.75) is 84.6 Å². The van der Waals surface area contributed by atoms with Crippen LogP contribution in [-0.4, -0.2) is 20.5 Å². The van der Waals surface area contributed by atoms with Crippen LogP contribution in [0, 0.1) is 6.92 Å². The highest BCUT2D eigenvalue weighted by molar-refractivity contribution is 6.15. The zero-order valence-electron chi connectivity index (χ0n) is 19.8. The minimum absolute atomic E-state index is 0.0463. The molecule has 1 aromatic heterocycles. The lowest BCUT2D eigenvalue weighted by Gasteiger charge is -2.14. The van der Waals surface area contributed by atoms with E-state index < -0.39 is 0 Å². The molecule has 0 saturated carbocycles. The second-order valence-corrected chi connectivity index (χ2v) is 9.04. The van der Waals surface area contributed by atoms with Gasteiger partial charge in [0.25, 0.3) is 0 Å². The van der Waals surface area contributed by atoms with Gasteiger partial charge in [-0.1, -0.05) is 94.3 Å². The molecule has 1 aliphatic rings. The van der Waals surface area contributed by atoms with Crippen molar-refractivity contribution >= 4 is 5.71 Å². The molecule has 2 aromatic carbocycles. The van der Waals surface area contributed by atoms with Crippen molar-refractivity contribution < 1.29 is 0 Å². The Labute approximate surface area is 192 Å². The summed E-state index contributed by atoms with van der Waals surface area (Å²) in [5, 5.41) is 8.85. The lowest BCUT2D eigenvalue weighted by molar-refractivity contribution is 0.575. The Kier molecular flexibility index (Phi) is 7.51. The molecular formula is C28H36N4. The first-order valence-electron chi connectivity index (χ1n) is 12.4. The molecule has 0 radical (unpaired) electrons. The van der Waals surface area contributed by atoms with Crippen LogP contribution < -0.4 is 0 Å². The second kappa shape index (κ2) is 10.7. The Morgan fingerprint density at radius 1 is 0.844 bits per heavy atom. The molecule has 1 atom stereocenters. The van der Waals surface area contributed by atoms with Crippen molar-refractivity contribution in [1.82, 2.24) is 14.8 Å². The molecule has 4 rings (SSSR count). The van der Waals surface area contributed by atoms with E-state index >= 15 is 0 Å². The maximum Gasteiger partial charge on any atom is 0.162 e. The number of aromatic nitrogens is 3. The number of fused-ring (bicyclic) bond motifs is 3. The molecular weight excluding hydrogens is 392 g/mol. The molecule has 0 saturated heterocycles. The standard InChI is InChI=1S/C28H36N4/c1-4-5-6-7-8-9-10-12-15-23-18-19-25-26(20-23)32-22(3)30-31-28(32)21(2)29-27(25)24-16-13-11-14-17-24/h11,13-14,16-21H,4-10,12,15H2,1-3H3. The number of hydrogen-bond donors (Lipinski definition) is 0. The third-order valence-electron chi connectivity index (χ3n) is 6.47. The summed E-state index contributed by atoms with van der Waals surface area (Å²) in [6, 6.07) is 17.3. The summed E-state index contributed by atoms with van der Waals surface area (Å²) in [7, 11) is 0. The number of hydrogen-bond acceptors (Lipinski definition) is 3. The van der Waals surface area contributed by atoms with Crippen LogP contribution >= 0.6 is 0 Å². The van der Waals surface area contributed by atoms with Crippen LogP contribution in [0.2, 0.25) is 0 Å². The predicted octanol–water partition coefficient (Wildman–Crippen LogP) is 7.17. The fourth-order valence-corrected chi connectivity index (χ4v) is 4.67. The molecule has 0 fully saturated rings. The number of rotatable bonds is 10. The monoisotopic (exact) mass is 428 g/mol. The average molecular weight is 429 g/mol. The van der Waals surface area contributed by atoms with Crippen LogP contribution in [0.25, 0.3) is 5.69 Å². The minimum Gasteiger partial charge on any atom is -0.281 e. The quantitative estimate of drug-likeness (QED) is 0.321. The van der Waals surface area contributed by atoms with Crippen molar-refractivity contribution in [3.63, 3.8) is 0 Å². The van der Waals surface area contributed by atoms with Gasteiger partial charge < -0.3 is 0 Å². The predicted molar refractivity (Wildman–Crippen MR) is 133 cm³/mol. The van der Waals surface area contributed by atoms with E-state index in [1.165, 1.54) is 56.9 Å². The summed E-state index contributed by atoms with van der Waals surface area (Å²) < 4.78 is 2.21. The van der Waals surface area contributed by atoms with Crippen LogP contribution in [0.3, 0.4) is 0 Å². The smallest absolute Gasteiger partial charge is 0.162 e. The summed E-state index contributed by atoms with van der Waals surface area (Å²) >= 11 is 0. The van der Waals surface area contributed by atoms with Gasteiger partial charge >= 0.3 is 0 Å². The largest absolute Gasteiger partial charge is 0.281 e. The Morgan fingerprint density at radius 2 is 1.56 bits per heavy atom. The SMILES string of the molecule is CCCCCCCCCCc1ccc2c(c1)-n1c(C)nnc1C(C)N=C2c1ccccc1. The lowest BCUT2D eigenvalue weighted by atomic mass is 9.97. The normalized spacial score (nSPS) is 15.1. The molecule has 32 heavy (non-hydrogen) atoms. The van der Waals surface area contributed by atoms with E-state index in [1.807, 2.05) is 6.92 Å². The van der Waals surface area contributed by atoms with Crippen LogP contribution in [-0.2, 0) is 6.42 Å². The van der Waals surface area contributed by atoms with Gasteiger partial charge in [-0.25, -0.2) is 0 Å². The average Bonchev–Trinajstić information content (AvgIpc) is 3.15. The van der Waals surface area contributed by atoms with Gasteiger partial charge in [-0.15, -0.1) is 10.2 Å². The summed E-state index contributed by atoms with van der Waals surface area (Å²) in [6.07, 6.45) is 11.9. The van der Waals surface area contributed by atoms with E-state index in [0.717, 1.165) is 40.6 Å². The second-order valence-electron chi connectivity index (χ2n) is 9.04. The molecule has 0 spiro atoms. The Balaban J connectivity index is 1.55. The first-order chi connectivity index (χ1) is 15.7.